The molecule has 0 N–H and O–H groups in total. The van der Waals surface area contributed by atoms with Crippen LogP contribution in [0.2, 0.25) is 0 Å². The Balaban J connectivity index is 2.58. The normalized spacial score (nSPS) is 15.3. The van der Waals surface area contributed by atoms with Gasteiger partial charge in [0, 0.05) is 12.0 Å². The van der Waals surface area contributed by atoms with Gasteiger partial charge in [0.1, 0.15) is 0 Å². The zero-order valence-electron chi connectivity index (χ0n) is 7.04. The maximum atomic E-state index is 2.30. The summed E-state index contributed by atoms with van der Waals surface area (Å²) >= 11 is 0. The van der Waals surface area contributed by atoms with Crippen molar-refractivity contribution < 1.29 is 4.57 Å². The molecule has 2 heteroatoms. The van der Waals surface area contributed by atoms with E-state index in [-0.39, 0.29) is 0 Å². The number of aryl methyl sites for hydroxylation is 1. The van der Waals surface area contributed by atoms with Gasteiger partial charge in [-0.2, -0.15) is 0 Å². The van der Waals surface area contributed by atoms with Gasteiger partial charge in [0.2, 0.25) is 0 Å². The van der Waals surface area contributed by atoms with Crippen LogP contribution in [0.4, 0.5) is 5.82 Å². The summed E-state index contributed by atoms with van der Waals surface area (Å²) in [6.07, 6.45) is 3.29. The lowest BCUT2D eigenvalue weighted by atomic mass is 10.2. The SMILES string of the molecule is CN1CCc2ccc[n+](C)c21. The third-order valence-electron chi connectivity index (χ3n) is 2.31. The number of fused-ring (bicyclic) bond motifs is 1. The Labute approximate surface area is 67.1 Å². The lowest BCUT2D eigenvalue weighted by Gasteiger charge is -2.05. The van der Waals surface area contributed by atoms with Crippen molar-refractivity contribution in [3.63, 3.8) is 0 Å². The van der Waals surface area contributed by atoms with E-state index in [0.29, 0.717) is 0 Å². The average molecular weight is 149 g/mol. The number of hydrogen-bond acceptors (Lipinski definition) is 1. The predicted octanol–water partition coefficient (Wildman–Crippen LogP) is 0.503. The van der Waals surface area contributed by atoms with E-state index in [9.17, 15) is 0 Å². The third-order valence-corrected chi connectivity index (χ3v) is 2.31. The molecule has 1 aliphatic heterocycles. The van der Waals surface area contributed by atoms with E-state index in [0.717, 1.165) is 6.54 Å². The summed E-state index contributed by atoms with van der Waals surface area (Å²) in [5.41, 5.74) is 1.47. The quantitative estimate of drug-likeness (QED) is 0.487. The molecule has 2 heterocycles. The predicted molar refractivity (Wildman–Crippen MR) is 44.6 cm³/mol. The largest absolute Gasteiger partial charge is 0.279 e. The van der Waals surface area contributed by atoms with E-state index in [1.54, 1.807) is 0 Å². The van der Waals surface area contributed by atoms with E-state index in [4.69, 9.17) is 0 Å². The monoisotopic (exact) mass is 149 g/mol. The molecule has 0 saturated heterocycles. The molecule has 2 rings (SSSR count). The summed E-state index contributed by atoms with van der Waals surface area (Å²) in [4.78, 5) is 2.30. The molecule has 0 aliphatic carbocycles. The molecule has 1 aliphatic rings. The molecule has 0 spiro atoms. The highest BCUT2D eigenvalue weighted by atomic mass is 15.2. The first kappa shape index (κ1) is 6.65. The second-order valence-electron chi connectivity index (χ2n) is 3.14. The molecule has 0 saturated carbocycles. The van der Waals surface area contributed by atoms with E-state index < -0.39 is 0 Å². The molecule has 0 aromatic carbocycles. The fraction of sp³-hybridized carbons (Fsp3) is 0.444. The molecule has 0 bridgehead atoms. The maximum Gasteiger partial charge on any atom is 0.279 e. The first-order valence-corrected chi connectivity index (χ1v) is 3.97. The second kappa shape index (κ2) is 2.22. The van der Waals surface area contributed by atoms with Crippen LogP contribution in [-0.4, -0.2) is 13.6 Å². The van der Waals surface area contributed by atoms with Gasteiger partial charge in [0.15, 0.2) is 0 Å². The second-order valence-corrected chi connectivity index (χ2v) is 3.14. The Morgan fingerprint density at radius 1 is 1.55 bits per heavy atom. The molecular formula is C9H13N2+. The number of nitrogens with zero attached hydrogens (tertiary/aromatic N) is 2. The topological polar surface area (TPSA) is 7.12 Å². The number of hydrogen-bond donors (Lipinski definition) is 0. The summed E-state index contributed by atoms with van der Waals surface area (Å²) in [7, 11) is 4.24. The third kappa shape index (κ3) is 0.897. The van der Waals surface area contributed by atoms with Crippen LogP contribution in [0.5, 0.6) is 0 Å². The first-order valence-electron chi connectivity index (χ1n) is 3.97. The highest BCUT2D eigenvalue weighted by molar-refractivity contribution is 5.46. The van der Waals surface area contributed by atoms with Crippen molar-refractivity contribution in [1.29, 1.82) is 0 Å². The van der Waals surface area contributed by atoms with E-state index in [1.807, 2.05) is 0 Å². The lowest BCUT2D eigenvalue weighted by molar-refractivity contribution is -0.658. The van der Waals surface area contributed by atoms with Gasteiger partial charge >= 0.3 is 0 Å². The molecule has 0 atom stereocenters. The molecule has 2 nitrogen and oxygen atoms in total. The molecule has 0 fully saturated rings. The van der Waals surface area contributed by atoms with Crippen molar-refractivity contribution in [2.75, 3.05) is 18.5 Å². The van der Waals surface area contributed by atoms with Crippen LogP contribution in [0.15, 0.2) is 18.3 Å². The van der Waals surface area contributed by atoms with Gasteiger partial charge < -0.3 is 0 Å². The fourth-order valence-corrected chi connectivity index (χ4v) is 1.76. The van der Waals surface area contributed by atoms with Crippen molar-refractivity contribution in [2.24, 2.45) is 7.05 Å². The summed E-state index contributed by atoms with van der Waals surface area (Å²) in [5, 5.41) is 0. The highest BCUT2D eigenvalue weighted by Gasteiger charge is 2.24. The minimum atomic E-state index is 1.16. The van der Waals surface area contributed by atoms with Crippen molar-refractivity contribution in [1.82, 2.24) is 0 Å². The van der Waals surface area contributed by atoms with Crippen molar-refractivity contribution in [3.8, 4) is 0 Å². The lowest BCUT2D eigenvalue weighted by Crippen LogP contribution is -2.35. The Hall–Kier alpha value is -1.05. The number of anilines is 1. The van der Waals surface area contributed by atoms with Gasteiger partial charge in [-0.25, -0.2) is 4.57 Å². The fourth-order valence-electron chi connectivity index (χ4n) is 1.76. The molecular weight excluding hydrogens is 136 g/mol. The molecule has 0 amide bonds. The van der Waals surface area contributed by atoms with Gasteiger partial charge in [0.25, 0.3) is 5.82 Å². The minimum Gasteiger partial charge on any atom is -0.264 e. The zero-order valence-corrected chi connectivity index (χ0v) is 7.04. The maximum absolute atomic E-state index is 2.30. The molecule has 1 aromatic rings. The molecule has 1 aromatic heterocycles. The Kier molecular flexibility index (Phi) is 1.34. The zero-order chi connectivity index (χ0) is 7.84. The van der Waals surface area contributed by atoms with Gasteiger partial charge in [-0.05, 0) is 12.1 Å². The van der Waals surface area contributed by atoms with E-state index in [1.165, 1.54) is 17.8 Å². The van der Waals surface area contributed by atoms with Crippen LogP contribution >= 0.6 is 0 Å². The Morgan fingerprint density at radius 2 is 2.36 bits per heavy atom. The standard InChI is InChI=1S/C9H13N2/c1-10-6-3-4-8-5-7-11(2)9(8)10/h3-4,6H,5,7H2,1-2H3/q+1. The van der Waals surface area contributed by atoms with Gasteiger partial charge in [0.05, 0.1) is 26.8 Å². The number of aromatic nitrogens is 1. The summed E-state index contributed by atoms with van der Waals surface area (Å²) in [6.45, 7) is 1.16. The van der Waals surface area contributed by atoms with Gasteiger partial charge in [-0.3, -0.25) is 4.90 Å². The van der Waals surface area contributed by atoms with E-state index in [2.05, 4.69) is 41.9 Å². The smallest absolute Gasteiger partial charge is 0.264 e. The van der Waals surface area contributed by atoms with Crippen LogP contribution in [0.3, 0.4) is 0 Å². The highest BCUT2D eigenvalue weighted by Crippen LogP contribution is 2.20. The summed E-state index contributed by atoms with van der Waals surface area (Å²) < 4.78 is 2.18. The average Bonchev–Trinajstić information content (AvgIpc) is 2.34. The van der Waals surface area contributed by atoms with Gasteiger partial charge in [-0.1, -0.05) is 0 Å². The number of rotatable bonds is 0. The van der Waals surface area contributed by atoms with E-state index >= 15 is 0 Å². The van der Waals surface area contributed by atoms with Crippen LogP contribution in [0, 0.1) is 0 Å². The van der Waals surface area contributed by atoms with Crippen LogP contribution in [-0.2, 0) is 13.5 Å². The Morgan fingerprint density at radius 3 is 3.09 bits per heavy atom. The minimum absolute atomic E-state index is 1.16. The van der Waals surface area contributed by atoms with Crippen LogP contribution in [0.25, 0.3) is 0 Å². The molecule has 58 valence electrons. The number of likely N-dealkylation sites (N-methyl/N-ethyl adjacent to an activating group) is 1. The van der Waals surface area contributed by atoms with Crippen LogP contribution in [0.1, 0.15) is 5.56 Å². The van der Waals surface area contributed by atoms with Crippen LogP contribution < -0.4 is 9.47 Å². The van der Waals surface area contributed by atoms with Crippen molar-refractivity contribution in [3.05, 3.63) is 23.9 Å². The summed E-state index contributed by atoms with van der Waals surface area (Å²) in [6, 6.07) is 4.32. The van der Waals surface area contributed by atoms with Crippen molar-refractivity contribution in [2.45, 2.75) is 6.42 Å². The Bertz CT molecular complexity index is 281. The molecule has 0 unspecified atom stereocenters. The van der Waals surface area contributed by atoms with Gasteiger partial charge in [-0.15, -0.1) is 0 Å². The first-order chi connectivity index (χ1) is 5.29. The number of pyridine rings is 1. The van der Waals surface area contributed by atoms with Crippen molar-refractivity contribution >= 4 is 5.82 Å². The summed E-state index contributed by atoms with van der Waals surface area (Å²) in [5.74, 6) is 1.37. The molecule has 0 radical (unpaired) electrons. The molecule has 11 heavy (non-hydrogen) atoms.